The van der Waals surface area contributed by atoms with E-state index >= 15 is 0 Å². The van der Waals surface area contributed by atoms with Gasteiger partial charge in [-0.3, -0.25) is 0 Å². The van der Waals surface area contributed by atoms with E-state index in [0.29, 0.717) is 12.3 Å². The maximum Gasteiger partial charge on any atom is 0.231 e. The minimum Gasteiger partial charge on any atom is -0.508 e. The lowest BCUT2D eigenvalue weighted by molar-refractivity contribution is 0.370. The largest absolute Gasteiger partial charge is 0.508 e. The molecule has 0 bridgehead atoms. The molecule has 1 aromatic carbocycles. The number of benzene rings is 1. The molecule has 1 N–H and O–H groups in total. The van der Waals surface area contributed by atoms with Crippen molar-refractivity contribution in [3.63, 3.8) is 0 Å². The first-order valence-electron chi connectivity index (χ1n) is 5.87. The first-order chi connectivity index (χ1) is 8.63. The number of likely N-dealkylation sites (N-methyl/N-ethyl adjacent to an activating group) is 1. The topological polar surface area (TPSA) is 62.4 Å². The number of phenolic OH excluding ortho intramolecular Hbond substituents is 1. The number of hydrogen-bond donors (Lipinski definition) is 1. The van der Waals surface area contributed by atoms with Crippen LogP contribution in [0.4, 0.5) is 0 Å². The molecule has 1 aromatic heterocycles. The third-order valence-corrected chi connectivity index (χ3v) is 2.58. The SMILES string of the molecule is CN(C)CCc1noc(Cc2ccc(O)cc2)n1. The average Bonchev–Trinajstić information content (AvgIpc) is 2.77. The Morgan fingerprint density at radius 1 is 1.22 bits per heavy atom. The number of hydrogen-bond acceptors (Lipinski definition) is 5. The number of nitrogens with zero attached hydrogens (tertiary/aromatic N) is 3. The zero-order chi connectivity index (χ0) is 13.0. The third-order valence-electron chi connectivity index (χ3n) is 2.58. The summed E-state index contributed by atoms with van der Waals surface area (Å²) < 4.78 is 5.19. The second kappa shape index (κ2) is 5.64. The normalized spacial score (nSPS) is 11.1. The van der Waals surface area contributed by atoms with Crippen LogP contribution in [0.2, 0.25) is 0 Å². The Kier molecular flexibility index (Phi) is 3.94. The highest BCUT2D eigenvalue weighted by atomic mass is 16.5. The summed E-state index contributed by atoms with van der Waals surface area (Å²) >= 11 is 0. The van der Waals surface area contributed by atoms with Gasteiger partial charge >= 0.3 is 0 Å². The van der Waals surface area contributed by atoms with Crippen LogP contribution in [0.3, 0.4) is 0 Å². The van der Waals surface area contributed by atoms with Gasteiger partial charge in [0.25, 0.3) is 0 Å². The third kappa shape index (κ3) is 3.56. The lowest BCUT2D eigenvalue weighted by Crippen LogP contribution is -2.15. The molecular weight excluding hydrogens is 230 g/mol. The number of rotatable bonds is 5. The zero-order valence-corrected chi connectivity index (χ0v) is 10.6. The van der Waals surface area contributed by atoms with Crippen LogP contribution in [0.1, 0.15) is 17.3 Å². The smallest absolute Gasteiger partial charge is 0.231 e. The van der Waals surface area contributed by atoms with Crippen LogP contribution in [-0.2, 0) is 12.8 Å². The Bertz CT molecular complexity index is 491. The van der Waals surface area contributed by atoms with Crippen LogP contribution in [-0.4, -0.2) is 40.8 Å². The predicted molar refractivity (Wildman–Crippen MR) is 67.5 cm³/mol. The van der Waals surface area contributed by atoms with Crippen molar-refractivity contribution in [2.24, 2.45) is 0 Å². The molecule has 0 fully saturated rings. The van der Waals surface area contributed by atoms with Gasteiger partial charge in [0.05, 0.1) is 6.42 Å². The van der Waals surface area contributed by atoms with Crippen molar-refractivity contribution < 1.29 is 9.63 Å². The lowest BCUT2D eigenvalue weighted by atomic mass is 10.1. The van der Waals surface area contributed by atoms with Gasteiger partial charge in [-0.25, -0.2) is 0 Å². The van der Waals surface area contributed by atoms with Gasteiger partial charge in [-0.1, -0.05) is 17.3 Å². The fraction of sp³-hybridized carbons (Fsp3) is 0.385. The summed E-state index contributed by atoms with van der Waals surface area (Å²) in [5, 5.41) is 13.1. The standard InChI is InChI=1S/C13H17N3O2/c1-16(2)8-7-12-14-13(18-15-12)9-10-3-5-11(17)6-4-10/h3-6,17H,7-9H2,1-2H3. The fourth-order valence-corrected chi connectivity index (χ4v) is 1.58. The maximum absolute atomic E-state index is 9.19. The summed E-state index contributed by atoms with van der Waals surface area (Å²) in [5.41, 5.74) is 1.04. The monoisotopic (exact) mass is 247 g/mol. The summed E-state index contributed by atoms with van der Waals surface area (Å²) in [5.74, 6) is 1.60. The van der Waals surface area contributed by atoms with Crippen molar-refractivity contribution in [3.05, 3.63) is 41.5 Å². The van der Waals surface area contributed by atoms with E-state index in [4.69, 9.17) is 4.52 Å². The highest BCUT2D eigenvalue weighted by Crippen LogP contribution is 2.13. The first-order valence-corrected chi connectivity index (χ1v) is 5.87. The Morgan fingerprint density at radius 3 is 2.61 bits per heavy atom. The molecule has 0 aliphatic carbocycles. The second-order valence-electron chi connectivity index (χ2n) is 4.50. The van der Waals surface area contributed by atoms with E-state index in [2.05, 4.69) is 15.0 Å². The van der Waals surface area contributed by atoms with Gasteiger partial charge in [0.2, 0.25) is 5.89 Å². The quantitative estimate of drug-likeness (QED) is 0.867. The molecule has 5 nitrogen and oxygen atoms in total. The van der Waals surface area contributed by atoms with Gasteiger partial charge in [-0.05, 0) is 31.8 Å². The zero-order valence-electron chi connectivity index (χ0n) is 10.6. The molecule has 0 radical (unpaired) electrons. The molecular formula is C13H17N3O2. The molecule has 0 amide bonds. The van der Waals surface area contributed by atoms with E-state index in [-0.39, 0.29) is 5.75 Å². The molecule has 18 heavy (non-hydrogen) atoms. The predicted octanol–water partition coefficient (Wildman–Crippen LogP) is 1.47. The molecule has 0 spiro atoms. The lowest BCUT2D eigenvalue weighted by Gasteiger charge is -2.05. The number of aromatic nitrogens is 2. The Labute approximate surface area is 106 Å². The molecule has 2 aromatic rings. The van der Waals surface area contributed by atoms with Crippen LogP contribution < -0.4 is 0 Å². The molecule has 0 aliphatic rings. The minimum atomic E-state index is 0.260. The molecule has 1 heterocycles. The van der Waals surface area contributed by atoms with Crippen LogP contribution in [0, 0.1) is 0 Å². The van der Waals surface area contributed by atoms with Crippen LogP contribution in [0.15, 0.2) is 28.8 Å². The highest BCUT2D eigenvalue weighted by Gasteiger charge is 2.07. The van der Waals surface area contributed by atoms with Gasteiger partial charge in [0.15, 0.2) is 5.82 Å². The molecule has 2 rings (SSSR count). The summed E-state index contributed by atoms with van der Waals surface area (Å²) in [6.45, 7) is 0.901. The summed E-state index contributed by atoms with van der Waals surface area (Å²) in [6.07, 6.45) is 1.38. The molecule has 96 valence electrons. The van der Waals surface area contributed by atoms with Gasteiger partial charge < -0.3 is 14.5 Å². The van der Waals surface area contributed by atoms with E-state index in [9.17, 15) is 5.11 Å². The maximum atomic E-state index is 9.19. The molecule has 0 saturated heterocycles. The van der Waals surface area contributed by atoms with E-state index in [1.54, 1.807) is 12.1 Å². The number of phenols is 1. The van der Waals surface area contributed by atoms with Crippen molar-refractivity contribution in [2.75, 3.05) is 20.6 Å². The molecule has 0 aliphatic heterocycles. The molecule has 0 unspecified atom stereocenters. The van der Waals surface area contributed by atoms with Crippen LogP contribution >= 0.6 is 0 Å². The van der Waals surface area contributed by atoms with Crippen molar-refractivity contribution in [2.45, 2.75) is 12.8 Å². The molecule has 5 heteroatoms. The Morgan fingerprint density at radius 2 is 1.94 bits per heavy atom. The highest BCUT2D eigenvalue weighted by molar-refractivity contribution is 5.27. The van der Waals surface area contributed by atoms with Gasteiger partial charge in [-0.15, -0.1) is 0 Å². The Hall–Kier alpha value is -1.88. The van der Waals surface area contributed by atoms with Gasteiger partial charge in [0, 0.05) is 13.0 Å². The molecule has 0 atom stereocenters. The van der Waals surface area contributed by atoms with E-state index in [0.717, 1.165) is 24.4 Å². The minimum absolute atomic E-state index is 0.260. The van der Waals surface area contributed by atoms with Gasteiger partial charge in [0.1, 0.15) is 5.75 Å². The summed E-state index contributed by atoms with van der Waals surface area (Å²) in [6, 6.07) is 7.00. The number of aromatic hydroxyl groups is 1. The fourth-order valence-electron chi connectivity index (χ4n) is 1.58. The summed E-state index contributed by atoms with van der Waals surface area (Å²) in [7, 11) is 4.02. The van der Waals surface area contributed by atoms with Crippen LogP contribution in [0.25, 0.3) is 0 Å². The second-order valence-corrected chi connectivity index (χ2v) is 4.50. The van der Waals surface area contributed by atoms with Gasteiger partial charge in [-0.2, -0.15) is 4.98 Å². The van der Waals surface area contributed by atoms with E-state index < -0.39 is 0 Å². The molecule has 0 saturated carbocycles. The van der Waals surface area contributed by atoms with E-state index in [1.165, 1.54) is 0 Å². The van der Waals surface area contributed by atoms with E-state index in [1.807, 2.05) is 26.2 Å². The van der Waals surface area contributed by atoms with Crippen molar-refractivity contribution in [1.29, 1.82) is 0 Å². The van der Waals surface area contributed by atoms with Crippen LogP contribution in [0.5, 0.6) is 5.75 Å². The van der Waals surface area contributed by atoms with Crippen molar-refractivity contribution in [3.8, 4) is 5.75 Å². The average molecular weight is 247 g/mol. The Balaban J connectivity index is 1.95. The summed E-state index contributed by atoms with van der Waals surface area (Å²) in [4.78, 5) is 6.41. The first kappa shape index (κ1) is 12.6. The van der Waals surface area contributed by atoms with Crippen molar-refractivity contribution >= 4 is 0 Å². The van der Waals surface area contributed by atoms with Crippen molar-refractivity contribution in [1.82, 2.24) is 15.0 Å².